The van der Waals surface area contributed by atoms with E-state index in [2.05, 4.69) is 5.32 Å². The van der Waals surface area contributed by atoms with E-state index in [1.54, 1.807) is 7.11 Å². The van der Waals surface area contributed by atoms with E-state index in [-0.39, 0.29) is 0 Å². The van der Waals surface area contributed by atoms with Gasteiger partial charge < -0.3 is 24.3 Å². The van der Waals surface area contributed by atoms with E-state index in [0.29, 0.717) is 45.7 Å². The predicted octanol–water partition coefficient (Wildman–Crippen LogP) is 1.60. The summed E-state index contributed by atoms with van der Waals surface area (Å²) in [5.74, 6) is 0. The number of hydrogen-bond acceptors (Lipinski definition) is 5. The molecule has 0 amide bonds. The highest BCUT2D eigenvalue weighted by molar-refractivity contribution is 4.71. The smallest absolute Gasteiger partial charge is 0.0701 e. The van der Waals surface area contributed by atoms with Crippen LogP contribution in [0.25, 0.3) is 0 Å². The Balaban J connectivity index is 1.70. The van der Waals surface area contributed by atoms with Gasteiger partial charge in [0.15, 0.2) is 0 Å². The Hall–Kier alpha value is -0.200. The third kappa shape index (κ3) is 10.6. The molecule has 0 aromatic rings. The van der Waals surface area contributed by atoms with Gasteiger partial charge in [0.05, 0.1) is 46.2 Å². The molecule has 0 saturated heterocycles. The molecule has 120 valence electrons. The molecular formula is C15H31NO4. The van der Waals surface area contributed by atoms with Crippen molar-refractivity contribution in [3.05, 3.63) is 0 Å². The third-order valence-electron chi connectivity index (χ3n) is 3.46. The SMILES string of the molecule is COCCOCCOCCOCCNC1CCCCC1. The second-order valence-electron chi connectivity index (χ2n) is 5.12. The lowest BCUT2D eigenvalue weighted by Gasteiger charge is -2.22. The van der Waals surface area contributed by atoms with Crippen LogP contribution in [0.15, 0.2) is 0 Å². The van der Waals surface area contributed by atoms with Gasteiger partial charge in [-0.1, -0.05) is 19.3 Å². The van der Waals surface area contributed by atoms with Crippen molar-refractivity contribution < 1.29 is 18.9 Å². The van der Waals surface area contributed by atoms with Gasteiger partial charge in [0.1, 0.15) is 0 Å². The van der Waals surface area contributed by atoms with Gasteiger partial charge >= 0.3 is 0 Å². The summed E-state index contributed by atoms with van der Waals surface area (Å²) in [7, 11) is 1.67. The van der Waals surface area contributed by atoms with Crippen LogP contribution in [0.5, 0.6) is 0 Å². The largest absolute Gasteiger partial charge is 0.382 e. The number of nitrogens with one attached hydrogen (secondary N) is 1. The third-order valence-corrected chi connectivity index (χ3v) is 3.46. The van der Waals surface area contributed by atoms with Crippen LogP contribution in [0.2, 0.25) is 0 Å². The molecule has 0 heterocycles. The van der Waals surface area contributed by atoms with Gasteiger partial charge in [-0.3, -0.25) is 0 Å². The molecule has 1 saturated carbocycles. The van der Waals surface area contributed by atoms with Crippen molar-refractivity contribution in [1.29, 1.82) is 0 Å². The molecular weight excluding hydrogens is 258 g/mol. The van der Waals surface area contributed by atoms with Crippen LogP contribution in [0, 0.1) is 0 Å². The molecule has 5 heteroatoms. The molecule has 0 bridgehead atoms. The van der Waals surface area contributed by atoms with E-state index in [1.807, 2.05) is 0 Å². The summed E-state index contributed by atoms with van der Waals surface area (Å²) in [6.45, 7) is 5.51. The molecule has 1 rings (SSSR count). The molecule has 1 aliphatic carbocycles. The van der Waals surface area contributed by atoms with Gasteiger partial charge in [0, 0.05) is 19.7 Å². The summed E-state index contributed by atoms with van der Waals surface area (Å²) in [5, 5.41) is 3.55. The van der Waals surface area contributed by atoms with E-state index in [1.165, 1.54) is 32.1 Å². The molecule has 0 atom stereocenters. The highest BCUT2D eigenvalue weighted by Gasteiger charge is 2.11. The average molecular weight is 289 g/mol. The second kappa shape index (κ2) is 13.8. The van der Waals surface area contributed by atoms with E-state index < -0.39 is 0 Å². The van der Waals surface area contributed by atoms with Gasteiger partial charge in [-0.15, -0.1) is 0 Å². The number of methoxy groups -OCH3 is 1. The Labute approximate surface area is 123 Å². The summed E-state index contributed by atoms with van der Waals surface area (Å²) in [5.41, 5.74) is 0. The first-order chi connectivity index (χ1) is 9.93. The number of hydrogen-bond donors (Lipinski definition) is 1. The molecule has 20 heavy (non-hydrogen) atoms. The molecule has 0 aliphatic heterocycles. The Morgan fingerprint density at radius 3 is 1.90 bits per heavy atom. The highest BCUT2D eigenvalue weighted by Crippen LogP contribution is 2.16. The Morgan fingerprint density at radius 1 is 0.750 bits per heavy atom. The lowest BCUT2D eigenvalue weighted by atomic mass is 9.96. The van der Waals surface area contributed by atoms with Crippen LogP contribution in [0.3, 0.4) is 0 Å². The van der Waals surface area contributed by atoms with Crippen molar-refractivity contribution in [2.45, 2.75) is 38.1 Å². The summed E-state index contributed by atoms with van der Waals surface area (Å²) in [4.78, 5) is 0. The number of ether oxygens (including phenoxy) is 4. The van der Waals surface area contributed by atoms with Crippen molar-refractivity contribution >= 4 is 0 Å². The molecule has 0 unspecified atom stereocenters. The fourth-order valence-electron chi connectivity index (χ4n) is 2.33. The van der Waals surface area contributed by atoms with Crippen LogP contribution < -0.4 is 5.32 Å². The first-order valence-corrected chi connectivity index (χ1v) is 7.89. The fraction of sp³-hybridized carbons (Fsp3) is 1.00. The maximum Gasteiger partial charge on any atom is 0.0701 e. The quantitative estimate of drug-likeness (QED) is 0.522. The van der Waals surface area contributed by atoms with Crippen LogP contribution in [-0.4, -0.2) is 65.9 Å². The van der Waals surface area contributed by atoms with Gasteiger partial charge in [-0.05, 0) is 12.8 Å². The van der Waals surface area contributed by atoms with E-state index in [0.717, 1.165) is 13.2 Å². The lowest BCUT2D eigenvalue weighted by molar-refractivity contribution is 0.00385. The highest BCUT2D eigenvalue weighted by atomic mass is 16.6. The molecule has 0 spiro atoms. The van der Waals surface area contributed by atoms with Crippen molar-refractivity contribution in [1.82, 2.24) is 5.32 Å². The lowest BCUT2D eigenvalue weighted by Crippen LogP contribution is -2.33. The maximum atomic E-state index is 5.52. The van der Waals surface area contributed by atoms with Crippen LogP contribution in [-0.2, 0) is 18.9 Å². The fourth-order valence-corrected chi connectivity index (χ4v) is 2.33. The van der Waals surface area contributed by atoms with Gasteiger partial charge in [-0.2, -0.15) is 0 Å². The standard InChI is InChI=1S/C15H31NO4/c1-17-9-10-19-13-14-20-12-11-18-8-7-16-15-5-3-2-4-6-15/h15-16H,2-14H2,1H3. The maximum absolute atomic E-state index is 5.52. The zero-order chi connectivity index (χ0) is 14.3. The topological polar surface area (TPSA) is 49.0 Å². The Bertz CT molecular complexity index is 198. The zero-order valence-corrected chi connectivity index (χ0v) is 12.9. The zero-order valence-electron chi connectivity index (χ0n) is 12.9. The summed E-state index contributed by atoms with van der Waals surface area (Å²) in [6, 6.07) is 0.716. The van der Waals surface area contributed by atoms with Crippen LogP contribution >= 0.6 is 0 Å². The summed E-state index contributed by atoms with van der Waals surface area (Å²) >= 11 is 0. The predicted molar refractivity (Wildman–Crippen MR) is 79.2 cm³/mol. The van der Waals surface area contributed by atoms with E-state index >= 15 is 0 Å². The normalized spacial score (nSPS) is 16.6. The average Bonchev–Trinajstić information content (AvgIpc) is 2.49. The summed E-state index contributed by atoms with van der Waals surface area (Å²) in [6.07, 6.45) is 6.80. The van der Waals surface area contributed by atoms with E-state index in [9.17, 15) is 0 Å². The van der Waals surface area contributed by atoms with Gasteiger partial charge in [0.2, 0.25) is 0 Å². The van der Waals surface area contributed by atoms with Crippen LogP contribution in [0.1, 0.15) is 32.1 Å². The van der Waals surface area contributed by atoms with E-state index in [4.69, 9.17) is 18.9 Å². The minimum absolute atomic E-state index is 0.618. The first kappa shape index (κ1) is 17.9. The summed E-state index contributed by atoms with van der Waals surface area (Å²) < 4.78 is 21.1. The molecule has 1 N–H and O–H groups in total. The van der Waals surface area contributed by atoms with Crippen molar-refractivity contribution in [3.8, 4) is 0 Å². The molecule has 1 aliphatic rings. The monoisotopic (exact) mass is 289 g/mol. The second-order valence-corrected chi connectivity index (χ2v) is 5.12. The minimum atomic E-state index is 0.618. The van der Waals surface area contributed by atoms with Gasteiger partial charge in [0.25, 0.3) is 0 Å². The van der Waals surface area contributed by atoms with Crippen molar-refractivity contribution in [3.63, 3.8) is 0 Å². The Kier molecular flexibility index (Phi) is 12.3. The van der Waals surface area contributed by atoms with Crippen LogP contribution in [0.4, 0.5) is 0 Å². The molecule has 5 nitrogen and oxygen atoms in total. The number of rotatable bonds is 13. The molecule has 0 radical (unpaired) electrons. The first-order valence-electron chi connectivity index (χ1n) is 7.89. The Morgan fingerprint density at radius 2 is 1.30 bits per heavy atom. The van der Waals surface area contributed by atoms with Gasteiger partial charge in [-0.25, -0.2) is 0 Å². The molecule has 0 aromatic heterocycles. The van der Waals surface area contributed by atoms with Crippen molar-refractivity contribution in [2.75, 3.05) is 59.9 Å². The van der Waals surface area contributed by atoms with Crippen molar-refractivity contribution in [2.24, 2.45) is 0 Å². The molecule has 1 fully saturated rings. The molecule has 0 aromatic carbocycles. The minimum Gasteiger partial charge on any atom is -0.382 e.